The molecule has 3 atom stereocenters. The Morgan fingerprint density at radius 2 is 1.62 bits per heavy atom. The largest absolute Gasteiger partial charge is 0.280 e. The van der Waals surface area contributed by atoms with Crippen LogP contribution in [0.3, 0.4) is 0 Å². The Kier molecular flexibility index (Phi) is 1.88. The maximum atomic E-state index is 11.8. The molecule has 2 fully saturated rings. The number of rotatable bonds is 2. The van der Waals surface area contributed by atoms with Crippen LogP contribution in [-0.2, 0) is 16.1 Å². The van der Waals surface area contributed by atoms with Gasteiger partial charge in [-0.05, 0) is 12.6 Å². The van der Waals surface area contributed by atoms with Gasteiger partial charge in [-0.2, -0.15) is 0 Å². The van der Waals surface area contributed by atoms with Crippen molar-refractivity contribution in [2.75, 3.05) is 7.05 Å². The lowest BCUT2D eigenvalue weighted by atomic mass is 10.2. The van der Waals surface area contributed by atoms with E-state index in [4.69, 9.17) is 0 Å². The van der Waals surface area contributed by atoms with Crippen molar-refractivity contribution in [3.63, 3.8) is 0 Å². The molecule has 0 N–H and O–H groups in total. The molecule has 3 rings (SSSR count). The van der Waals surface area contributed by atoms with E-state index in [0.717, 1.165) is 5.56 Å². The van der Waals surface area contributed by atoms with Crippen molar-refractivity contribution in [3.8, 4) is 0 Å². The standard InChI is InChI=1S/C12H12N2O2/c1-13-9-10(13)12(16)14(11(9)15)7-8-5-3-2-4-6-8/h2-6,9-10H,7H2,1H3/t9-,10+,13?. The van der Waals surface area contributed by atoms with Crippen LogP contribution in [-0.4, -0.2) is 40.7 Å². The minimum atomic E-state index is -0.184. The third-order valence-electron chi connectivity index (χ3n) is 3.31. The number of benzene rings is 1. The Balaban J connectivity index is 1.79. The van der Waals surface area contributed by atoms with E-state index in [1.165, 1.54) is 4.90 Å². The third-order valence-corrected chi connectivity index (χ3v) is 3.31. The number of likely N-dealkylation sites (tertiary alicyclic amines) is 1. The molecule has 82 valence electrons. The maximum Gasteiger partial charge on any atom is 0.249 e. The average Bonchev–Trinajstić information content (AvgIpc) is 2.90. The van der Waals surface area contributed by atoms with Crippen molar-refractivity contribution in [2.45, 2.75) is 18.6 Å². The van der Waals surface area contributed by atoms with Gasteiger partial charge in [0.2, 0.25) is 11.8 Å². The lowest BCUT2D eigenvalue weighted by Gasteiger charge is -2.17. The van der Waals surface area contributed by atoms with Gasteiger partial charge in [0.25, 0.3) is 0 Å². The number of hydrogen-bond donors (Lipinski definition) is 0. The molecule has 1 unspecified atom stereocenters. The van der Waals surface area contributed by atoms with Crippen LogP contribution in [0.2, 0.25) is 0 Å². The number of amides is 2. The molecule has 2 heterocycles. The second-order valence-electron chi connectivity index (χ2n) is 4.30. The molecule has 2 aliphatic rings. The second kappa shape index (κ2) is 3.15. The highest BCUT2D eigenvalue weighted by Gasteiger charge is 2.63. The highest BCUT2D eigenvalue weighted by molar-refractivity contribution is 6.13. The predicted octanol–water partition coefficient (Wildman–Crippen LogP) is 0.238. The summed E-state index contributed by atoms with van der Waals surface area (Å²) in [6, 6.07) is 9.22. The summed E-state index contributed by atoms with van der Waals surface area (Å²) in [6.07, 6.45) is 0. The first kappa shape index (κ1) is 9.54. The summed E-state index contributed by atoms with van der Waals surface area (Å²) in [5.41, 5.74) is 0.994. The molecule has 4 heteroatoms. The van der Waals surface area contributed by atoms with Crippen molar-refractivity contribution in [1.82, 2.24) is 9.80 Å². The molecule has 0 aliphatic carbocycles. The van der Waals surface area contributed by atoms with E-state index in [9.17, 15) is 9.59 Å². The van der Waals surface area contributed by atoms with Crippen LogP contribution in [0.4, 0.5) is 0 Å². The smallest absolute Gasteiger partial charge is 0.249 e. The predicted molar refractivity (Wildman–Crippen MR) is 57.3 cm³/mol. The molecule has 2 saturated heterocycles. The molecule has 0 radical (unpaired) electrons. The summed E-state index contributed by atoms with van der Waals surface area (Å²) in [4.78, 5) is 26.8. The second-order valence-corrected chi connectivity index (χ2v) is 4.30. The fourth-order valence-electron chi connectivity index (χ4n) is 2.31. The van der Waals surface area contributed by atoms with E-state index in [-0.39, 0.29) is 23.9 Å². The van der Waals surface area contributed by atoms with Gasteiger partial charge in [0, 0.05) is 0 Å². The quantitative estimate of drug-likeness (QED) is 0.525. The molecule has 0 bridgehead atoms. The number of likely N-dealkylation sites (N-methyl/N-ethyl adjacent to an activating group) is 1. The Morgan fingerprint density at radius 1 is 1.06 bits per heavy atom. The maximum absolute atomic E-state index is 11.8. The third kappa shape index (κ3) is 1.20. The van der Waals surface area contributed by atoms with Gasteiger partial charge in [0.05, 0.1) is 6.54 Å². The summed E-state index contributed by atoms with van der Waals surface area (Å²) < 4.78 is 0. The zero-order chi connectivity index (χ0) is 11.3. The molecule has 0 spiro atoms. The normalized spacial score (nSPS) is 31.8. The number of carbonyl (C=O) groups excluding carboxylic acids is 2. The van der Waals surface area contributed by atoms with Crippen molar-refractivity contribution in [1.29, 1.82) is 0 Å². The van der Waals surface area contributed by atoms with E-state index in [1.54, 1.807) is 0 Å². The van der Waals surface area contributed by atoms with Crippen molar-refractivity contribution in [3.05, 3.63) is 35.9 Å². The monoisotopic (exact) mass is 216 g/mol. The Hall–Kier alpha value is -1.68. The Labute approximate surface area is 93.5 Å². The fourth-order valence-corrected chi connectivity index (χ4v) is 2.31. The molecular weight excluding hydrogens is 204 g/mol. The molecule has 4 nitrogen and oxygen atoms in total. The highest BCUT2D eigenvalue weighted by Crippen LogP contribution is 2.36. The molecule has 2 amide bonds. The van der Waals surface area contributed by atoms with E-state index in [2.05, 4.69) is 0 Å². The van der Waals surface area contributed by atoms with Crippen LogP contribution in [0.5, 0.6) is 0 Å². The number of carbonyl (C=O) groups is 2. The van der Waals surface area contributed by atoms with Gasteiger partial charge in [-0.25, -0.2) is 0 Å². The van der Waals surface area contributed by atoms with Crippen LogP contribution in [0.1, 0.15) is 5.56 Å². The number of hydrogen-bond acceptors (Lipinski definition) is 3. The minimum Gasteiger partial charge on any atom is -0.280 e. The highest BCUT2D eigenvalue weighted by atomic mass is 16.2. The first-order valence-electron chi connectivity index (χ1n) is 5.31. The molecular formula is C12H12N2O2. The summed E-state index contributed by atoms with van der Waals surface area (Å²) in [5.74, 6) is -0.109. The SMILES string of the molecule is CN1[C@@H]2C(=O)N(Cc3ccccc3)C(=O)[C@@H]21. The first-order valence-corrected chi connectivity index (χ1v) is 5.31. The van der Waals surface area contributed by atoms with Crippen LogP contribution in [0.15, 0.2) is 30.3 Å². The van der Waals surface area contributed by atoms with Crippen molar-refractivity contribution >= 4 is 11.8 Å². The van der Waals surface area contributed by atoms with Gasteiger partial charge in [-0.3, -0.25) is 19.4 Å². The van der Waals surface area contributed by atoms with Gasteiger partial charge < -0.3 is 0 Å². The van der Waals surface area contributed by atoms with Gasteiger partial charge in [-0.15, -0.1) is 0 Å². The fraction of sp³-hybridized carbons (Fsp3) is 0.333. The Morgan fingerprint density at radius 3 is 2.19 bits per heavy atom. The summed E-state index contributed by atoms with van der Waals surface area (Å²) in [7, 11) is 1.81. The number of imide groups is 1. The van der Waals surface area contributed by atoms with E-state index in [1.807, 2.05) is 42.3 Å². The van der Waals surface area contributed by atoms with Gasteiger partial charge in [0.15, 0.2) is 0 Å². The molecule has 1 aromatic rings. The van der Waals surface area contributed by atoms with Gasteiger partial charge in [-0.1, -0.05) is 30.3 Å². The van der Waals surface area contributed by atoms with E-state index in [0.29, 0.717) is 6.54 Å². The summed E-state index contributed by atoms with van der Waals surface area (Å²) in [5, 5.41) is 0. The van der Waals surface area contributed by atoms with E-state index < -0.39 is 0 Å². The zero-order valence-electron chi connectivity index (χ0n) is 8.96. The lowest BCUT2D eigenvalue weighted by Crippen LogP contribution is -2.37. The first-order chi connectivity index (χ1) is 7.70. The van der Waals surface area contributed by atoms with Crippen LogP contribution < -0.4 is 0 Å². The molecule has 0 aromatic heterocycles. The van der Waals surface area contributed by atoms with Crippen molar-refractivity contribution < 1.29 is 9.59 Å². The Bertz CT molecular complexity index is 435. The lowest BCUT2D eigenvalue weighted by molar-refractivity contribution is -0.142. The number of nitrogens with zero attached hydrogens (tertiary/aromatic N) is 2. The van der Waals surface area contributed by atoms with E-state index >= 15 is 0 Å². The van der Waals surface area contributed by atoms with Gasteiger partial charge >= 0.3 is 0 Å². The summed E-state index contributed by atoms with van der Waals surface area (Å²) in [6.45, 7) is 0.402. The van der Waals surface area contributed by atoms with Gasteiger partial charge in [0.1, 0.15) is 12.1 Å². The summed E-state index contributed by atoms with van der Waals surface area (Å²) >= 11 is 0. The molecule has 2 aliphatic heterocycles. The topological polar surface area (TPSA) is 40.4 Å². The minimum absolute atomic E-state index is 0.0543. The van der Waals surface area contributed by atoms with Crippen molar-refractivity contribution in [2.24, 2.45) is 0 Å². The molecule has 0 saturated carbocycles. The number of piperazine rings is 1. The molecule has 1 aromatic carbocycles. The zero-order valence-corrected chi connectivity index (χ0v) is 8.96. The van der Waals surface area contributed by atoms with Crippen LogP contribution >= 0.6 is 0 Å². The van der Waals surface area contributed by atoms with Crippen LogP contribution in [0.25, 0.3) is 0 Å². The number of fused-ring (bicyclic) bond motifs is 1. The molecule has 16 heavy (non-hydrogen) atoms. The van der Waals surface area contributed by atoms with Crippen LogP contribution in [0, 0.1) is 0 Å². The average molecular weight is 216 g/mol.